The number of carbonyl (C=O) groups is 1. The van der Waals surface area contributed by atoms with Gasteiger partial charge < -0.3 is 10.0 Å². The second-order valence-corrected chi connectivity index (χ2v) is 4.94. The fourth-order valence-electron chi connectivity index (χ4n) is 1.82. The first kappa shape index (κ1) is 12.6. The van der Waals surface area contributed by atoms with Gasteiger partial charge in [-0.3, -0.25) is 0 Å². The number of hydrogen-bond donors (Lipinski definition) is 1. The minimum Gasteiger partial charge on any atom is -0.478 e. The van der Waals surface area contributed by atoms with Crippen LogP contribution in [0.4, 0.5) is 5.82 Å². The number of aromatic carboxylic acids is 1. The number of aryl methyl sites for hydroxylation is 1. The molecule has 2 aromatic rings. The largest absolute Gasteiger partial charge is 0.478 e. The summed E-state index contributed by atoms with van der Waals surface area (Å²) in [5.74, 6) is -0.135. The summed E-state index contributed by atoms with van der Waals surface area (Å²) in [5.41, 5.74) is 2.32. The maximum absolute atomic E-state index is 10.8. The first-order chi connectivity index (χ1) is 8.58. The summed E-state index contributed by atoms with van der Waals surface area (Å²) in [5, 5.41) is 13.0. The van der Waals surface area contributed by atoms with Crippen molar-refractivity contribution >= 4 is 23.1 Å². The quantitative estimate of drug-likeness (QED) is 0.920. The van der Waals surface area contributed by atoms with E-state index in [9.17, 15) is 4.79 Å². The standard InChI is InChI=1S/C13H14N2O2S/c1-9-5-11(13(16)17)6-14-12(9)15(2)7-10-3-4-18-8-10/h3-6,8H,7H2,1-2H3,(H,16,17). The third-order valence-electron chi connectivity index (χ3n) is 2.66. The smallest absolute Gasteiger partial charge is 0.337 e. The highest BCUT2D eigenvalue weighted by molar-refractivity contribution is 7.07. The minimum absolute atomic E-state index is 0.222. The number of aromatic nitrogens is 1. The third kappa shape index (κ3) is 2.68. The Hall–Kier alpha value is -1.88. The Morgan fingerprint density at radius 1 is 1.56 bits per heavy atom. The number of thiophene rings is 1. The van der Waals surface area contributed by atoms with Gasteiger partial charge in [-0.2, -0.15) is 11.3 Å². The van der Waals surface area contributed by atoms with E-state index < -0.39 is 5.97 Å². The lowest BCUT2D eigenvalue weighted by Gasteiger charge is -2.19. The van der Waals surface area contributed by atoms with Crippen LogP contribution in [0.1, 0.15) is 21.5 Å². The van der Waals surface area contributed by atoms with E-state index in [-0.39, 0.29) is 5.56 Å². The van der Waals surface area contributed by atoms with Crippen LogP contribution in [0.2, 0.25) is 0 Å². The number of pyridine rings is 1. The Balaban J connectivity index is 2.20. The zero-order valence-electron chi connectivity index (χ0n) is 10.3. The van der Waals surface area contributed by atoms with E-state index in [1.807, 2.05) is 24.3 Å². The highest BCUT2D eigenvalue weighted by atomic mass is 32.1. The molecular formula is C13H14N2O2S. The molecule has 0 fully saturated rings. The van der Waals surface area contributed by atoms with E-state index in [0.717, 1.165) is 17.9 Å². The van der Waals surface area contributed by atoms with Gasteiger partial charge in [0.15, 0.2) is 0 Å². The molecule has 0 aromatic carbocycles. The van der Waals surface area contributed by atoms with Crippen molar-refractivity contribution in [2.75, 3.05) is 11.9 Å². The monoisotopic (exact) mass is 262 g/mol. The second-order valence-electron chi connectivity index (χ2n) is 4.16. The van der Waals surface area contributed by atoms with E-state index in [0.29, 0.717) is 0 Å². The molecule has 1 N–H and O–H groups in total. The first-order valence-corrected chi connectivity index (χ1v) is 6.44. The fraction of sp³-hybridized carbons (Fsp3) is 0.231. The number of rotatable bonds is 4. The number of anilines is 1. The number of carboxylic acid groups (broad SMARTS) is 1. The van der Waals surface area contributed by atoms with Crippen LogP contribution >= 0.6 is 11.3 Å². The van der Waals surface area contributed by atoms with Gasteiger partial charge in [0, 0.05) is 19.8 Å². The Bertz CT molecular complexity index is 552. The average molecular weight is 262 g/mol. The van der Waals surface area contributed by atoms with Gasteiger partial charge in [-0.15, -0.1) is 0 Å². The summed E-state index contributed by atoms with van der Waals surface area (Å²) in [6.07, 6.45) is 1.40. The molecule has 0 aliphatic rings. The molecule has 4 nitrogen and oxygen atoms in total. The van der Waals surface area contributed by atoms with Gasteiger partial charge in [-0.1, -0.05) is 0 Å². The van der Waals surface area contributed by atoms with Crippen LogP contribution in [0, 0.1) is 6.92 Å². The van der Waals surface area contributed by atoms with E-state index >= 15 is 0 Å². The zero-order chi connectivity index (χ0) is 13.1. The molecule has 2 rings (SSSR count). The molecule has 0 saturated carbocycles. The Labute approximate surface area is 110 Å². The molecule has 0 spiro atoms. The van der Waals surface area contributed by atoms with Crippen molar-refractivity contribution in [3.63, 3.8) is 0 Å². The Morgan fingerprint density at radius 3 is 2.89 bits per heavy atom. The van der Waals surface area contributed by atoms with Crippen LogP contribution in [0.25, 0.3) is 0 Å². The van der Waals surface area contributed by atoms with Crippen LogP contribution < -0.4 is 4.90 Å². The normalized spacial score (nSPS) is 10.3. The molecule has 2 heterocycles. The van der Waals surface area contributed by atoms with E-state index in [1.54, 1.807) is 17.4 Å². The van der Waals surface area contributed by atoms with Crippen LogP contribution in [0.5, 0.6) is 0 Å². The fourth-order valence-corrected chi connectivity index (χ4v) is 2.48. The van der Waals surface area contributed by atoms with Crippen LogP contribution in [0.15, 0.2) is 29.1 Å². The Morgan fingerprint density at radius 2 is 2.33 bits per heavy atom. The molecule has 0 aliphatic heterocycles. The third-order valence-corrected chi connectivity index (χ3v) is 3.39. The number of hydrogen-bond acceptors (Lipinski definition) is 4. The lowest BCUT2D eigenvalue weighted by atomic mass is 10.2. The highest BCUT2D eigenvalue weighted by Crippen LogP contribution is 2.19. The molecule has 5 heteroatoms. The summed E-state index contributed by atoms with van der Waals surface area (Å²) in [7, 11) is 1.95. The van der Waals surface area contributed by atoms with Crippen molar-refractivity contribution < 1.29 is 9.90 Å². The van der Waals surface area contributed by atoms with Crippen LogP contribution in [-0.2, 0) is 6.54 Å². The summed E-state index contributed by atoms with van der Waals surface area (Å²) in [6.45, 7) is 2.64. The molecular weight excluding hydrogens is 248 g/mol. The van der Waals surface area contributed by atoms with Gasteiger partial charge in [0.2, 0.25) is 0 Å². The average Bonchev–Trinajstić information content (AvgIpc) is 2.81. The van der Waals surface area contributed by atoms with Gasteiger partial charge in [-0.05, 0) is 40.9 Å². The molecule has 0 aliphatic carbocycles. The topological polar surface area (TPSA) is 53.4 Å². The lowest BCUT2D eigenvalue weighted by molar-refractivity contribution is 0.0696. The number of carboxylic acids is 1. The molecule has 18 heavy (non-hydrogen) atoms. The molecule has 0 saturated heterocycles. The van der Waals surface area contributed by atoms with Crippen molar-refractivity contribution in [2.45, 2.75) is 13.5 Å². The summed E-state index contributed by atoms with van der Waals surface area (Å²) >= 11 is 1.66. The van der Waals surface area contributed by atoms with Crippen molar-refractivity contribution in [3.8, 4) is 0 Å². The van der Waals surface area contributed by atoms with E-state index in [2.05, 4.69) is 16.4 Å². The molecule has 0 bridgehead atoms. The van der Waals surface area contributed by atoms with Gasteiger partial charge in [0.1, 0.15) is 5.82 Å². The van der Waals surface area contributed by atoms with Gasteiger partial charge in [0.05, 0.1) is 5.56 Å². The molecule has 0 unspecified atom stereocenters. The predicted octanol–water partition coefficient (Wildman–Crippen LogP) is 2.79. The zero-order valence-corrected chi connectivity index (χ0v) is 11.1. The minimum atomic E-state index is -0.947. The maximum Gasteiger partial charge on any atom is 0.337 e. The van der Waals surface area contributed by atoms with Crippen molar-refractivity contribution in [1.29, 1.82) is 0 Å². The second kappa shape index (κ2) is 5.18. The van der Waals surface area contributed by atoms with Crippen molar-refractivity contribution in [2.24, 2.45) is 0 Å². The van der Waals surface area contributed by atoms with E-state index in [4.69, 9.17) is 5.11 Å². The molecule has 0 atom stereocenters. The summed E-state index contributed by atoms with van der Waals surface area (Å²) in [4.78, 5) is 17.1. The SMILES string of the molecule is Cc1cc(C(=O)O)cnc1N(C)Cc1ccsc1. The molecule has 94 valence electrons. The van der Waals surface area contributed by atoms with Crippen molar-refractivity contribution in [1.82, 2.24) is 4.98 Å². The maximum atomic E-state index is 10.8. The molecule has 2 aromatic heterocycles. The summed E-state index contributed by atoms with van der Waals surface area (Å²) < 4.78 is 0. The van der Waals surface area contributed by atoms with Gasteiger partial charge >= 0.3 is 5.97 Å². The number of nitrogens with zero attached hydrogens (tertiary/aromatic N) is 2. The first-order valence-electron chi connectivity index (χ1n) is 5.50. The highest BCUT2D eigenvalue weighted by Gasteiger charge is 2.10. The van der Waals surface area contributed by atoms with Crippen LogP contribution in [0.3, 0.4) is 0 Å². The summed E-state index contributed by atoms with van der Waals surface area (Å²) in [6, 6.07) is 3.72. The van der Waals surface area contributed by atoms with Crippen LogP contribution in [-0.4, -0.2) is 23.1 Å². The predicted molar refractivity (Wildman–Crippen MR) is 72.4 cm³/mol. The van der Waals surface area contributed by atoms with Gasteiger partial charge in [0.25, 0.3) is 0 Å². The van der Waals surface area contributed by atoms with E-state index in [1.165, 1.54) is 11.8 Å². The lowest BCUT2D eigenvalue weighted by Crippen LogP contribution is -2.18. The van der Waals surface area contributed by atoms with Crippen molar-refractivity contribution in [3.05, 3.63) is 45.8 Å². The van der Waals surface area contributed by atoms with Gasteiger partial charge in [-0.25, -0.2) is 9.78 Å². The molecule has 0 radical (unpaired) electrons. The Kier molecular flexibility index (Phi) is 3.62. The molecule has 0 amide bonds.